The van der Waals surface area contributed by atoms with Crippen molar-refractivity contribution in [2.75, 3.05) is 39.8 Å². The minimum Gasteiger partial charge on any atom is -0.347 e. The van der Waals surface area contributed by atoms with Crippen LogP contribution in [0.15, 0.2) is 18.3 Å². The Morgan fingerprint density at radius 1 is 1.11 bits per heavy atom. The van der Waals surface area contributed by atoms with Crippen LogP contribution in [0.5, 0.6) is 0 Å². The van der Waals surface area contributed by atoms with Gasteiger partial charge in [-0.3, -0.25) is 9.59 Å². The van der Waals surface area contributed by atoms with Crippen molar-refractivity contribution in [3.8, 4) is 0 Å². The molecule has 1 aromatic heterocycles. The molecule has 1 spiro atoms. The summed E-state index contributed by atoms with van der Waals surface area (Å²) in [6, 6.07) is 3.54. The lowest BCUT2D eigenvalue weighted by atomic mass is 9.86. The Hall–Kier alpha value is -2.51. The van der Waals surface area contributed by atoms with E-state index in [0.29, 0.717) is 44.8 Å². The zero-order valence-corrected chi connectivity index (χ0v) is 16.6. The smallest absolute Gasteiger partial charge is 0.317 e. The molecule has 2 aliphatic rings. The van der Waals surface area contributed by atoms with E-state index in [9.17, 15) is 14.4 Å². The number of hydrogen-bond acceptors (Lipinski definition) is 3. The van der Waals surface area contributed by atoms with Gasteiger partial charge in [0.05, 0.1) is 0 Å². The topological polar surface area (TPSA) is 77.9 Å². The van der Waals surface area contributed by atoms with E-state index < -0.39 is 5.41 Å². The number of urea groups is 1. The largest absolute Gasteiger partial charge is 0.347 e. The van der Waals surface area contributed by atoms with Gasteiger partial charge >= 0.3 is 6.03 Å². The number of aryl methyl sites for hydroxylation is 1. The van der Waals surface area contributed by atoms with E-state index in [-0.39, 0.29) is 23.9 Å². The van der Waals surface area contributed by atoms with Crippen LogP contribution >= 0.6 is 0 Å². The van der Waals surface area contributed by atoms with E-state index in [0.717, 1.165) is 0 Å². The molecular formula is C19H29N5O3. The lowest BCUT2D eigenvalue weighted by molar-refractivity contribution is -0.126. The zero-order chi connectivity index (χ0) is 19.8. The minimum absolute atomic E-state index is 0.0330. The highest BCUT2D eigenvalue weighted by atomic mass is 16.2. The van der Waals surface area contributed by atoms with Gasteiger partial charge in [-0.2, -0.15) is 0 Å². The molecule has 8 nitrogen and oxygen atoms in total. The molecule has 2 saturated heterocycles. The second kappa shape index (κ2) is 7.25. The fourth-order valence-electron chi connectivity index (χ4n) is 4.10. The molecule has 2 aliphatic heterocycles. The van der Waals surface area contributed by atoms with Crippen LogP contribution in [0.2, 0.25) is 0 Å². The molecule has 148 valence electrons. The monoisotopic (exact) mass is 375 g/mol. The Morgan fingerprint density at radius 3 is 2.33 bits per heavy atom. The van der Waals surface area contributed by atoms with Gasteiger partial charge in [-0.25, -0.2) is 4.79 Å². The van der Waals surface area contributed by atoms with E-state index >= 15 is 0 Å². The molecule has 2 fully saturated rings. The Kier molecular flexibility index (Phi) is 5.17. The second-order valence-corrected chi connectivity index (χ2v) is 8.18. The van der Waals surface area contributed by atoms with Crippen LogP contribution in [0.3, 0.4) is 0 Å². The molecule has 0 saturated carbocycles. The van der Waals surface area contributed by atoms with Gasteiger partial charge in [0.25, 0.3) is 5.91 Å². The number of carbonyl (C=O) groups is 3. The van der Waals surface area contributed by atoms with E-state index in [1.165, 1.54) is 0 Å². The fraction of sp³-hybridized carbons (Fsp3) is 0.632. The van der Waals surface area contributed by atoms with Crippen molar-refractivity contribution in [2.45, 2.75) is 26.3 Å². The average Bonchev–Trinajstić information content (AvgIpc) is 3.05. The number of hydrogen-bond donors (Lipinski definition) is 1. The summed E-state index contributed by atoms with van der Waals surface area (Å²) in [5.74, 6) is 0.00220. The number of nitrogens with one attached hydrogen (secondary N) is 1. The third kappa shape index (κ3) is 3.94. The highest BCUT2D eigenvalue weighted by Gasteiger charge is 2.47. The number of aromatic nitrogens is 1. The van der Waals surface area contributed by atoms with Gasteiger partial charge < -0.3 is 24.6 Å². The first-order chi connectivity index (χ1) is 12.7. The van der Waals surface area contributed by atoms with Crippen LogP contribution in [0.4, 0.5) is 4.79 Å². The zero-order valence-electron chi connectivity index (χ0n) is 16.6. The maximum atomic E-state index is 13.1. The summed E-state index contributed by atoms with van der Waals surface area (Å²) in [6.07, 6.45) is 2.20. The molecule has 1 aromatic rings. The third-order valence-electron chi connectivity index (χ3n) is 5.37. The van der Waals surface area contributed by atoms with Crippen LogP contribution < -0.4 is 5.32 Å². The minimum atomic E-state index is -0.433. The van der Waals surface area contributed by atoms with Gasteiger partial charge in [-0.15, -0.1) is 0 Å². The lowest BCUT2D eigenvalue weighted by Crippen LogP contribution is -2.49. The predicted octanol–water partition coefficient (Wildman–Crippen LogP) is 0.749. The molecule has 3 rings (SSSR count). The Balaban J connectivity index is 1.86. The highest BCUT2D eigenvalue weighted by Crippen LogP contribution is 2.34. The van der Waals surface area contributed by atoms with Crippen LogP contribution in [-0.2, 0) is 11.8 Å². The molecule has 0 bridgehead atoms. The molecule has 0 unspecified atom stereocenters. The Bertz CT molecular complexity index is 743. The number of carbonyl (C=O) groups excluding carboxylic acids is 3. The van der Waals surface area contributed by atoms with E-state index in [2.05, 4.69) is 5.32 Å². The third-order valence-corrected chi connectivity index (χ3v) is 5.37. The summed E-state index contributed by atoms with van der Waals surface area (Å²) in [7, 11) is 3.62. The maximum absolute atomic E-state index is 13.1. The first-order valence-corrected chi connectivity index (χ1v) is 9.41. The SMILES string of the molecule is CC(C)NC(=O)N1CCN(C(=O)c2cccn2C)C[C@@]2(CC(=O)N(C)C2)C1. The van der Waals surface area contributed by atoms with Gasteiger partial charge in [-0.05, 0) is 26.0 Å². The molecule has 8 heteroatoms. The van der Waals surface area contributed by atoms with Crippen molar-refractivity contribution in [2.24, 2.45) is 12.5 Å². The Labute approximate surface area is 160 Å². The molecule has 27 heavy (non-hydrogen) atoms. The molecule has 0 radical (unpaired) electrons. The predicted molar refractivity (Wildman–Crippen MR) is 101 cm³/mol. The van der Waals surface area contributed by atoms with E-state index in [1.54, 1.807) is 32.4 Å². The van der Waals surface area contributed by atoms with E-state index in [4.69, 9.17) is 0 Å². The normalized spacial score (nSPS) is 23.3. The van der Waals surface area contributed by atoms with Gasteiger partial charge in [0.15, 0.2) is 0 Å². The molecular weight excluding hydrogens is 346 g/mol. The summed E-state index contributed by atoms with van der Waals surface area (Å²) in [4.78, 5) is 43.2. The molecule has 4 amide bonds. The van der Waals surface area contributed by atoms with Crippen molar-refractivity contribution >= 4 is 17.8 Å². The molecule has 3 heterocycles. The van der Waals surface area contributed by atoms with Crippen molar-refractivity contribution < 1.29 is 14.4 Å². The van der Waals surface area contributed by atoms with Gasteiger partial charge in [0.2, 0.25) is 5.91 Å². The number of rotatable bonds is 2. The van der Waals surface area contributed by atoms with Crippen molar-refractivity contribution in [1.29, 1.82) is 0 Å². The van der Waals surface area contributed by atoms with Crippen LogP contribution in [0.1, 0.15) is 30.8 Å². The van der Waals surface area contributed by atoms with Crippen LogP contribution in [0.25, 0.3) is 0 Å². The lowest BCUT2D eigenvalue weighted by Gasteiger charge is -2.33. The first kappa shape index (κ1) is 19.3. The molecule has 0 aromatic carbocycles. The fourth-order valence-corrected chi connectivity index (χ4v) is 4.10. The number of amides is 4. The van der Waals surface area contributed by atoms with Crippen molar-refractivity contribution in [3.63, 3.8) is 0 Å². The summed E-state index contributed by atoms with van der Waals surface area (Å²) in [6.45, 7) is 6.24. The maximum Gasteiger partial charge on any atom is 0.317 e. The summed E-state index contributed by atoms with van der Waals surface area (Å²) >= 11 is 0. The number of likely N-dealkylation sites (tertiary alicyclic amines) is 1. The standard InChI is InChI=1S/C19H29N5O3/c1-14(2)20-18(27)24-9-8-23(17(26)15-6-5-7-21(15)3)12-19(13-24)10-16(25)22(4)11-19/h5-7,14H,8-13H2,1-4H3,(H,20,27)/t19-/m0/s1. The summed E-state index contributed by atoms with van der Waals surface area (Å²) in [5.41, 5.74) is 0.181. The Morgan fingerprint density at radius 2 is 1.78 bits per heavy atom. The quantitative estimate of drug-likeness (QED) is 0.829. The van der Waals surface area contributed by atoms with Crippen LogP contribution in [-0.4, -0.2) is 82.9 Å². The van der Waals surface area contributed by atoms with Gasteiger partial charge in [0, 0.05) is 70.9 Å². The van der Waals surface area contributed by atoms with E-state index in [1.807, 2.05) is 33.2 Å². The summed E-state index contributed by atoms with van der Waals surface area (Å²) < 4.78 is 1.80. The van der Waals surface area contributed by atoms with Gasteiger partial charge in [-0.1, -0.05) is 0 Å². The number of nitrogens with zero attached hydrogens (tertiary/aromatic N) is 4. The van der Waals surface area contributed by atoms with Crippen molar-refractivity contribution in [1.82, 2.24) is 24.6 Å². The average molecular weight is 375 g/mol. The van der Waals surface area contributed by atoms with Crippen molar-refractivity contribution in [3.05, 3.63) is 24.0 Å². The summed E-state index contributed by atoms with van der Waals surface area (Å²) in [5, 5.41) is 2.93. The second-order valence-electron chi connectivity index (χ2n) is 8.18. The molecule has 1 N–H and O–H groups in total. The van der Waals surface area contributed by atoms with Gasteiger partial charge in [0.1, 0.15) is 5.69 Å². The molecule has 0 aliphatic carbocycles. The highest BCUT2D eigenvalue weighted by molar-refractivity contribution is 5.93. The van der Waals surface area contributed by atoms with Crippen LogP contribution in [0, 0.1) is 5.41 Å². The first-order valence-electron chi connectivity index (χ1n) is 9.41. The molecule has 1 atom stereocenters.